The first-order valence-corrected chi connectivity index (χ1v) is 9.28. The number of anilines is 1. The van der Waals surface area contributed by atoms with Crippen LogP contribution in [0, 0.1) is 13.8 Å². The Kier molecular flexibility index (Phi) is 5.55. The molecule has 2 aromatic carbocycles. The molecule has 136 valence electrons. The zero-order valence-electron chi connectivity index (χ0n) is 14.4. The highest BCUT2D eigenvalue weighted by atomic mass is 35.5. The lowest BCUT2D eigenvalue weighted by molar-refractivity contribution is -0.118. The molecule has 1 N–H and O–H groups in total. The number of hydrogen-bond donors (Lipinski definition) is 1. The molecule has 0 unspecified atom stereocenters. The molecule has 0 spiro atoms. The van der Waals surface area contributed by atoms with E-state index in [1.165, 1.54) is 11.3 Å². The zero-order chi connectivity index (χ0) is 18.8. The Balaban J connectivity index is 1.67. The molecule has 1 amide bonds. The van der Waals surface area contributed by atoms with E-state index >= 15 is 0 Å². The summed E-state index contributed by atoms with van der Waals surface area (Å²) in [5.74, 6) is 0.866. The summed E-state index contributed by atoms with van der Waals surface area (Å²) < 4.78 is 11.6. The van der Waals surface area contributed by atoms with Crippen molar-refractivity contribution in [2.45, 2.75) is 13.8 Å². The predicted molar refractivity (Wildman–Crippen MR) is 106 cm³/mol. The Morgan fingerprint density at radius 3 is 2.54 bits per heavy atom. The van der Waals surface area contributed by atoms with E-state index in [1.807, 2.05) is 13.8 Å². The number of hydrogen-bond acceptors (Lipinski definition) is 5. The van der Waals surface area contributed by atoms with Crippen LogP contribution in [0.25, 0.3) is 10.2 Å². The van der Waals surface area contributed by atoms with E-state index in [9.17, 15) is 4.79 Å². The minimum absolute atomic E-state index is 0.124. The van der Waals surface area contributed by atoms with Crippen molar-refractivity contribution in [2.75, 3.05) is 19.0 Å². The molecule has 0 fully saturated rings. The van der Waals surface area contributed by atoms with Gasteiger partial charge in [-0.05, 0) is 43.2 Å². The molecule has 3 aromatic rings. The molecule has 26 heavy (non-hydrogen) atoms. The molecule has 0 aliphatic rings. The van der Waals surface area contributed by atoms with E-state index in [-0.39, 0.29) is 12.5 Å². The Bertz CT molecular complexity index is 965. The molecule has 3 rings (SSSR count). The number of rotatable bonds is 5. The second-order valence-electron chi connectivity index (χ2n) is 5.68. The lowest BCUT2D eigenvalue weighted by Crippen LogP contribution is -2.20. The molecule has 0 saturated carbocycles. The highest BCUT2D eigenvalue weighted by molar-refractivity contribution is 7.22. The van der Waals surface area contributed by atoms with E-state index in [2.05, 4.69) is 10.3 Å². The van der Waals surface area contributed by atoms with E-state index in [1.54, 1.807) is 31.4 Å². The Labute approximate surface area is 164 Å². The number of carbonyl (C=O) groups is 1. The number of fused-ring (bicyclic) bond motifs is 1. The van der Waals surface area contributed by atoms with Crippen LogP contribution in [0.1, 0.15) is 11.1 Å². The van der Waals surface area contributed by atoms with Crippen molar-refractivity contribution < 1.29 is 14.3 Å². The van der Waals surface area contributed by atoms with E-state index in [0.29, 0.717) is 32.2 Å². The number of aromatic nitrogens is 1. The highest BCUT2D eigenvalue weighted by Crippen LogP contribution is 2.34. The smallest absolute Gasteiger partial charge is 0.264 e. The van der Waals surface area contributed by atoms with Crippen molar-refractivity contribution in [1.82, 2.24) is 4.98 Å². The first kappa shape index (κ1) is 18.8. The van der Waals surface area contributed by atoms with Gasteiger partial charge in [0.25, 0.3) is 5.91 Å². The van der Waals surface area contributed by atoms with E-state index < -0.39 is 0 Å². The highest BCUT2D eigenvalue weighted by Gasteiger charge is 2.12. The van der Waals surface area contributed by atoms with Crippen LogP contribution in [0.4, 0.5) is 5.13 Å². The second kappa shape index (κ2) is 7.70. The number of carbonyl (C=O) groups excluding carboxylic acids is 1. The number of nitrogens with zero attached hydrogens (tertiary/aromatic N) is 1. The summed E-state index contributed by atoms with van der Waals surface area (Å²) in [5, 5.41) is 4.38. The van der Waals surface area contributed by atoms with Crippen molar-refractivity contribution in [3.05, 3.63) is 45.4 Å². The maximum absolute atomic E-state index is 12.1. The standard InChI is InChI=1S/C18H16Cl2N2O3S/c1-9-4-11(5-10(2)17(9)20)25-8-16(23)22-18-21-13-6-12(19)14(24-3)7-15(13)26-18/h4-7H,8H2,1-3H3,(H,21,22,23). The monoisotopic (exact) mass is 410 g/mol. The first-order valence-electron chi connectivity index (χ1n) is 7.71. The van der Waals surface area contributed by atoms with Crippen LogP contribution in [0.3, 0.4) is 0 Å². The first-order chi connectivity index (χ1) is 12.4. The van der Waals surface area contributed by atoms with Crippen molar-refractivity contribution in [3.8, 4) is 11.5 Å². The molecule has 0 atom stereocenters. The minimum atomic E-state index is -0.299. The Morgan fingerprint density at radius 2 is 1.88 bits per heavy atom. The third-order valence-electron chi connectivity index (χ3n) is 3.69. The number of aryl methyl sites for hydroxylation is 2. The molecular formula is C18H16Cl2N2O3S. The van der Waals surface area contributed by atoms with Crippen LogP contribution in [0.2, 0.25) is 10.0 Å². The number of nitrogens with one attached hydrogen (secondary N) is 1. The number of benzene rings is 2. The Hall–Kier alpha value is -2.02. The maximum atomic E-state index is 12.1. The van der Waals surface area contributed by atoms with Crippen molar-refractivity contribution in [3.63, 3.8) is 0 Å². The lowest BCUT2D eigenvalue weighted by Gasteiger charge is -2.09. The van der Waals surface area contributed by atoms with Crippen molar-refractivity contribution in [1.29, 1.82) is 0 Å². The van der Waals surface area contributed by atoms with Gasteiger partial charge in [-0.1, -0.05) is 34.5 Å². The molecule has 0 radical (unpaired) electrons. The van der Waals surface area contributed by atoms with Gasteiger partial charge in [-0.15, -0.1) is 0 Å². The summed E-state index contributed by atoms with van der Waals surface area (Å²) >= 11 is 13.6. The topological polar surface area (TPSA) is 60.5 Å². The van der Waals surface area contributed by atoms with Crippen molar-refractivity contribution in [2.24, 2.45) is 0 Å². The SMILES string of the molecule is COc1cc2sc(NC(=O)COc3cc(C)c(Cl)c(C)c3)nc2cc1Cl. The van der Waals surface area contributed by atoms with E-state index in [0.717, 1.165) is 15.8 Å². The van der Waals surface area contributed by atoms with Crippen LogP contribution >= 0.6 is 34.5 Å². The summed E-state index contributed by atoms with van der Waals surface area (Å²) in [6, 6.07) is 7.10. The van der Waals surface area contributed by atoms with Gasteiger partial charge in [0.05, 0.1) is 22.3 Å². The van der Waals surface area contributed by atoms with Crippen LogP contribution in [0.5, 0.6) is 11.5 Å². The van der Waals surface area contributed by atoms with Gasteiger partial charge in [0.15, 0.2) is 11.7 Å². The summed E-state index contributed by atoms with van der Waals surface area (Å²) in [4.78, 5) is 16.5. The molecule has 1 aromatic heterocycles. The van der Waals surface area contributed by atoms with Crippen LogP contribution in [0.15, 0.2) is 24.3 Å². The average molecular weight is 411 g/mol. The third kappa shape index (κ3) is 4.03. The van der Waals surface area contributed by atoms with Gasteiger partial charge < -0.3 is 9.47 Å². The van der Waals surface area contributed by atoms with Crippen LogP contribution in [-0.2, 0) is 4.79 Å². The quantitative estimate of drug-likeness (QED) is 0.623. The van der Waals surface area contributed by atoms with Gasteiger partial charge in [0, 0.05) is 11.1 Å². The molecule has 0 aliphatic heterocycles. The largest absolute Gasteiger partial charge is 0.495 e. The molecule has 0 aliphatic carbocycles. The number of amides is 1. The van der Waals surface area contributed by atoms with E-state index in [4.69, 9.17) is 32.7 Å². The van der Waals surface area contributed by atoms with Gasteiger partial charge in [-0.25, -0.2) is 4.98 Å². The van der Waals surface area contributed by atoms with Gasteiger partial charge in [-0.3, -0.25) is 10.1 Å². The molecule has 1 heterocycles. The summed E-state index contributed by atoms with van der Waals surface area (Å²) in [7, 11) is 1.55. The molecular weight excluding hydrogens is 395 g/mol. The fourth-order valence-electron chi connectivity index (χ4n) is 2.43. The minimum Gasteiger partial charge on any atom is -0.495 e. The molecule has 0 bridgehead atoms. The number of thiazole rings is 1. The maximum Gasteiger partial charge on any atom is 0.264 e. The average Bonchev–Trinajstić information content (AvgIpc) is 2.97. The third-order valence-corrected chi connectivity index (χ3v) is 5.51. The predicted octanol–water partition coefficient (Wildman–Crippen LogP) is 5.25. The number of halogens is 2. The lowest BCUT2D eigenvalue weighted by atomic mass is 10.1. The summed E-state index contributed by atoms with van der Waals surface area (Å²) in [6.45, 7) is 3.66. The number of methoxy groups -OCH3 is 1. The van der Waals surface area contributed by atoms with Crippen LogP contribution < -0.4 is 14.8 Å². The zero-order valence-corrected chi connectivity index (χ0v) is 16.7. The summed E-state index contributed by atoms with van der Waals surface area (Å²) in [6.07, 6.45) is 0. The van der Waals surface area contributed by atoms with Gasteiger partial charge in [0.1, 0.15) is 11.5 Å². The van der Waals surface area contributed by atoms with Gasteiger partial charge in [0.2, 0.25) is 0 Å². The Morgan fingerprint density at radius 1 is 1.19 bits per heavy atom. The van der Waals surface area contributed by atoms with Gasteiger partial charge >= 0.3 is 0 Å². The van der Waals surface area contributed by atoms with Gasteiger partial charge in [-0.2, -0.15) is 0 Å². The van der Waals surface area contributed by atoms with Crippen LogP contribution in [-0.4, -0.2) is 24.6 Å². The molecule has 0 saturated heterocycles. The second-order valence-corrected chi connectivity index (χ2v) is 7.50. The number of ether oxygens (including phenoxy) is 2. The van der Waals surface area contributed by atoms with Crippen molar-refractivity contribution >= 4 is 55.8 Å². The molecule has 5 nitrogen and oxygen atoms in total. The molecule has 8 heteroatoms. The fourth-order valence-corrected chi connectivity index (χ4v) is 3.67. The fraction of sp³-hybridized carbons (Fsp3) is 0.222. The summed E-state index contributed by atoms with van der Waals surface area (Å²) in [5.41, 5.74) is 2.50. The normalized spacial score (nSPS) is 10.8.